The fraction of sp³-hybridized carbons (Fsp3) is 0.0714. The highest BCUT2D eigenvalue weighted by Crippen LogP contribution is 2.26. The van der Waals surface area contributed by atoms with Crippen LogP contribution in [0.25, 0.3) is 10.2 Å². The molecule has 0 aliphatic carbocycles. The van der Waals surface area contributed by atoms with E-state index in [0.717, 1.165) is 15.8 Å². The Kier molecular flexibility index (Phi) is 3.13. The largest absolute Gasteiger partial charge is 0.357 e. The standard InChI is InChI=1S/C14H10F2N2S/c15-10-3-1-2-9(6-10)8-17-14-18-12-5-4-11(16)7-13(12)19-14/h1-7H,8H2,(H,17,18). The van der Waals surface area contributed by atoms with Gasteiger partial charge < -0.3 is 5.32 Å². The molecule has 0 spiro atoms. The molecule has 96 valence electrons. The molecule has 1 heterocycles. The first-order chi connectivity index (χ1) is 9.20. The maximum Gasteiger partial charge on any atom is 0.184 e. The molecule has 0 aliphatic heterocycles. The number of hydrogen-bond donors (Lipinski definition) is 1. The normalized spacial score (nSPS) is 10.8. The molecule has 0 fully saturated rings. The van der Waals surface area contributed by atoms with Gasteiger partial charge in [0, 0.05) is 6.54 Å². The highest BCUT2D eigenvalue weighted by Gasteiger charge is 2.04. The van der Waals surface area contributed by atoms with Gasteiger partial charge in [-0.25, -0.2) is 13.8 Å². The van der Waals surface area contributed by atoms with Gasteiger partial charge in [-0.2, -0.15) is 0 Å². The van der Waals surface area contributed by atoms with Gasteiger partial charge in [0.1, 0.15) is 11.6 Å². The average molecular weight is 276 g/mol. The number of hydrogen-bond acceptors (Lipinski definition) is 3. The summed E-state index contributed by atoms with van der Waals surface area (Å²) in [5.74, 6) is -0.529. The topological polar surface area (TPSA) is 24.9 Å². The fourth-order valence-electron chi connectivity index (χ4n) is 1.80. The van der Waals surface area contributed by atoms with Gasteiger partial charge in [-0.05, 0) is 35.9 Å². The number of fused-ring (bicyclic) bond motifs is 1. The quantitative estimate of drug-likeness (QED) is 0.776. The Bertz CT molecular complexity index is 724. The molecule has 19 heavy (non-hydrogen) atoms. The highest BCUT2D eigenvalue weighted by molar-refractivity contribution is 7.22. The van der Waals surface area contributed by atoms with E-state index >= 15 is 0 Å². The van der Waals surface area contributed by atoms with Crippen LogP contribution in [0.1, 0.15) is 5.56 Å². The van der Waals surface area contributed by atoms with Gasteiger partial charge in [0.25, 0.3) is 0 Å². The third kappa shape index (κ3) is 2.71. The molecule has 0 bridgehead atoms. The van der Waals surface area contributed by atoms with Crippen LogP contribution in [0.15, 0.2) is 42.5 Å². The van der Waals surface area contributed by atoms with Gasteiger partial charge in [0.05, 0.1) is 10.2 Å². The van der Waals surface area contributed by atoms with E-state index in [1.54, 1.807) is 12.1 Å². The van der Waals surface area contributed by atoms with E-state index in [0.29, 0.717) is 11.7 Å². The van der Waals surface area contributed by atoms with Crippen molar-refractivity contribution in [3.63, 3.8) is 0 Å². The lowest BCUT2D eigenvalue weighted by Crippen LogP contribution is -1.98. The minimum atomic E-state index is -0.271. The SMILES string of the molecule is Fc1cccc(CNc2nc3ccc(F)cc3s2)c1. The second-order valence-corrected chi connectivity index (χ2v) is 5.15. The number of nitrogens with zero attached hydrogens (tertiary/aromatic N) is 1. The summed E-state index contributed by atoms with van der Waals surface area (Å²) in [5.41, 5.74) is 1.60. The van der Waals surface area contributed by atoms with E-state index in [-0.39, 0.29) is 11.6 Å². The second kappa shape index (κ2) is 4.93. The van der Waals surface area contributed by atoms with E-state index in [1.165, 1.54) is 35.6 Å². The molecule has 0 radical (unpaired) electrons. The van der Waals surface area contributed by atoms with Crippen molar-refractivity contribution in [2.75, 3.05) is 5.32 Å². The van der Waals surface area contributed by atoms with E-state index in [4.69, 9.17) is 0 Å². The first kappa shape index (κ1) is 12.0. The third-order valence-corrected chi connectivity index (χ3v) is 3.66. The van der Waals surface area contributed by atoms with Gasteiger partial charge in [-0.15, -0.1) is 0 Å². The zero-order valence-electron chi connectivity index (χ0n) is 9.86. The molecule has 1 N–H and O–H groups in total. The second-order valence-electron chi connectivity index (χ2n) is 4.11. The maximum absolute atomic E-state index is 13.1. The minimum Gasteiger partial charge on any atom is -0.357 e. The van der Waals surface area contributed by atoms with Crippen LogP contribution < -0.4 is 5.32 Å². The molecular weight excluding hydrogens is 266 g/mol. The zero-order chi connectivity index (χ0) is 13.2. The van der Waals surface area contributed by atoms with Crippen LogP contribution in [-0.4, -0.2) is 4.98 Å². The van der Waals surface area contributed by atoms with Crippen LogP contribution in [0.3, 0.4) is 0 Å². The monoisotopic (exact) mass is 276 g/mol. The Morgan fingerprint density at radius 2 is 1.89 bits per heavy atom. The predicted octanol–water partition coefficient (Wildman–Crippen LogP) is 4.19. The Hall–Kier alpha value is -2.01. The van der Waals surface area contributed by atoms with Gasteiger partial charge in [-0.1, -0.05) is 23.5 Å². The molecular formula is C14H10F2N2S. The summed E-state index contributed by atoms with van der Waals surface area (Å²) < 4.78 is 26.9. The summed E-state index contributed by atoms with van der Waals surface area (Å²) in [4.78, 5) is 4.34. The van der Waals surface area contributed by atoms with Crippen molar-refractivity contribution < 1.29 is 8.78 Å². The number of aromatic nitrogens is 1. The van der Waals surface area contributed by atoms with Crippen molar-refractivity contribution in [3.8, 4) is 0 Å². The van der Waals surface area contributed by atoms with Gasteiger partial charge >= 0.3 is 0 Å². The molecule has 0 saturated carbocycles. The van der Waals surface area contributed by atoms with E-state index in [9.17, 15) is 8.78 Å². The highest BCUT2D eigenvalue weighted by atomic mass is 32.1. The number of thiazole rings is 1. The predicted molar refractivity (Wildman–Crippen MR) is 73.3 cm³/mol. The first-order valence-electron chi connectivity index (χ1n) is 5.75. The molecule has 0 saturated heterocycles. The Labute approximate surface area is 112 Å². The van der Waals surface area contributed by atoms with Crippen LogP contribution in [0, 0.1) is 11.6 Å². The van der Waals surface area contributed by atoms with Crippen LogP contribution in [-0.2, 0) is 6.54 Å². The van der Waals surface area contributed by atoms with Gasteiger partial charge in [0.15, 0.2) is 5.13 Å². The third-order valence-electron chi connectivity index (χ3n) is 2.68. The molecule has 0 aliphatic rings. The number of rotatable bonds is 3. The Balaban J connectivity index is 1.78. The molecule has 3 aromatic rings. The summed E-state index contributed by atoms with van der Waals surface area (Å²) >= 11 is 1.38. The van der Waals surface area contributed by atoms with Gasteiger partial charge in [-0.3, -0.25) is 0 Å². The lowest BCUT2D eigenvalue weighted by atomic mass is 10.2. The fourth-order valence-corrected chi connectivity index (χ4v) is 2.69. The van der Waals surface area contributed by atoms with E-state index in [1.807, 2.05) is 6.07 Å². The summed E-state index contributed by atoms with van der Waals surface area (Å²) in [5, 5.41) is 3.81. The smallest absolute Gasteiger partial charge is 0.184 e. The van der Waals surface area contributed by atoms with Crippen molar-refractivity contribution in [2.45, 2.75) is 6.54 Å². The zero-order valence-corrected chi connectivity index (χ0v) is 10.7. The maximum atomic E-state index is 13.1. The van der Waals surface area contributed by atoms with E-state index < -0.39 is 0 Å². The van der Waals surface area contributed by atoms with Crippen LogP contribution >= 0.6 is 11.3 Å². The average Bonchev–Trinajstić information content (AvgIpc) is 2.78. The Morgan fingerprint density at radius 3 is 2.74 bits per heavy atom. The molecule has 0 atom stereocenters. The molecule has 2 nitrogen and oxygen atoms in total. The first-order valence-corrected chi connectivity index (χ1v) is 6.57. The lowest BCUT2D eigenvalue weighted by molar-refractivity contribution is 0.626. The summed E-state index contributed by atoms with van der Waals surface area (Å²) in [7, 11) is 0. The molecule has 0 unspecified atom stereocenters. The van der Waals surface area contributed by atoms with Crippen molar-refractivity contribution in [2.24, 2.45) is 0 Å². The van der Waals surface area contributed by atoms with Crippen molar-refractivity contribution in [1.29, 1.82) is 0 Å². The summed E-state index contributed by atoms with van der Waals surface area (Å²) in [6.45, 7) is 0.486. The number of nitrogens with one attached hydrogen (secondary N) is 1. The molecule has 5 heteroatoms. The minimum absolute atomic E-state index is 0.259. The van der Waals surface area contributed by atoms with Crippen molar-refractivity contribution >= 4 is 26.7 Å². The van der Waals surface area contributed by atoms with E-state index in [2.05, 4.69) is 10.3 Å². The number of benzene rings is 2. The Morgan fingerprint density at radius 1 is 1.05 bits per heavy atom. The van der Waals surface area contributed by atoms with Crippen molar-refractivity contribution in [1.82, 2.24) is 4.98 Å². The number of halogens is 2. The van der Waals surface area contributed by atoms with Gasteiger partial charge in [0.2, 0.25) is 0 Å². The molecule has 1 aromatic heterocycles. The lowest BCUT2D eigenvalue weighted by Gasteiger charge is -2.02. The van der Waals surface area contributed by atoms with Crippen molar-refractivity contribution in [3.05, 3.63) is 59.7 Å². The summed E-state index contributed by atoms with van der Waals surface area (Å²) in [6, 6.07) is 10.9. The molecule has 0 amide bonds. The number of anilines is 1. The molecule has 3 rings (SSSR count). The molecule has 2 aromatic carbocycles. The van der Waals surface area contributed by atoms with Crippen LogP contribution in [0.4, 0.5) is 13.9 Å². The summed E-state index contributed by atoms with van der Waals surface area (Å²) in [6.07, 6.45) is 0. The van der Waals surface area contributed by atoms with Crippen LogP contribution in [0.5, 0.6) is 0 Å². The van der Waals surface area contributed by atoms with Crippen LogP contribution in [0.2, 0.25) is 0 Å².